The highest BCUT2D eigenvalue weighted by Crippen LogP contribution is 2.08. The molecule has 0 unspecified atom stereocenters. The number of hydrogen-bond acceptors (Lipinski definition) is 5. The maximum absolute atomic E-state index is 11.6. The molecule has 0 aliphatic heterocycles. The molecule has 0 N–H and O–H groups in total. The summed E-state index contributed by atoms with van der Waals surface area (Å²) in [4.78, 5) is 35.8. The lowest BCUT2D eigenvalue weighted by molar-refractivity contribution is -0.153. The van der Waals surface area contributed by atoms with Crippen LogP contribution in [-0.2, 0) is 19.1 Å². The van der Waals surface area contributed by atoms with E-state index < -0.39 is 18.0 Å². The molecular formula is C16H19NO5. The normalized spacial score (nSPS) is 11.8. The standard InChI is InChI=1S/C16H19NO5/c1-11(15(19)17(2)3)22-14(18)10-7-12-5-8-13(9-6-12)16(20)21-4/h5-11H,1-4H3/b10-7+/t11-/m0/s1. The Morgan fingerprint density at radius 2 is 1.73 bits per heavy atom. The fraction of sp³-hybridized carbons (Fsp3) is 0.312. The Morgan fingerprint density at radius 3 is 2.23 bits per heavy atom. The summed E-state index contributed by atoms with van der Waals surface area (Å²) in [6.07, 6.45) is 1.93. The molecule has 0 radical (unpaired) electrons. The number of benzene rings is 1. The number of ether oxygens (including phenoxy) is 2. The Balaban J connectivity index is 2.62. The fourth-order valence-electron chi connectivity index (χ4n) is 1.64. The van der Waals surface area contributed by atoms with Gasteiger partial charge in [0.15, 0.2) is 6.10 Å². The van der Waals surface area contributed by atoms with Gasteiger partial charge in [0.05, 0.1) is 12.7 Å². The second kappa shape index (κ2) is 7.97. The predicted octanol–water partition coefficient (Wildman–Crippen LogP) is 1.51. The highest BCUT2D eigenvalue weighted by Gasteiger charge is 2.17. The van der Waals surface area contributed by atoms with Gasteiger partial charge in [0.1, 0.15) is 0 Å². The SMILES string of the molecule is COC(=O)c1ccc(/C=C/C(=O)O[C@@H](C)C(=O)N(C)C)cc1. The van der Waals surface area contributed by atoms with Crippen molar-refractivity contribution in [3.05, 3.63) is 41.5 Å². The molecule has 0 aromatic heterocycles. The van der Waals surface area contributed by atoms with Crippen LogP contribution < -0.4 is 0 Å². The van der Waals surface area contributed by atoms with Gasteiger partial charge >= 0.3 is 11.9 Å². The van der Waals surface area contributed by atoms with E-state index in [-0.39, 0.29) is 5.91 Å². The van der Waals surface area contributed by atoms with E-state index >= 15 is 0 Å². The molecule has 0 heterocycles. The number of likely N-dealkylation sites (N-methyl/N-ethyl adjacent to an activating group) is 1. The third-order valence-electron chi connectivity index (χ3n) is 2.83. The van der Waals surface area contributed by atoms with Gasteiger partial charge < -0.3 is 14.4 Å². The van der Waals surface area contributed by atoms with Crippen LogP contribution in [-0.4, -0.2) is 50.1 Å². The van der Waals surface area contributed by atoms with Gasteiger partial charge in [-0.05, 0) is 30.7 Å². The number of hydrogen-bond donors (Lipinski definition) is 0. The third kappa shape index (κ3) is 5.05. The molecule has 6 heteroatoms. The van der Waals surface area contributed by atoms with Crippen LogP contribution in [0.25, 0.3) is 6.08 Å². The summed E-state index contributed by atoms with van der Waals surface area (Å²) >= 11 is 0. The first-order valence-corrected chi connectivity index (χ1v) is 6.63. The maximum atomic E-state index is 11.6. The zero-order chi connectivity index (χ0) is 16.7. The summed E-state index contributed by atoms with van der Waals surface area (Å²) in [6.45, 7) is 1.51. The minimum absolute atomic E-state index is 0.288. The van der Waals surface area contributed by atoms with Crippen LogP contribution in [0.4, 0.5) is 0 Å². The minimum atomic E-state index is -0.839. The van der Waals surface area contributed by atoms with Gasteiger partial charge in [-0.25, -0.2) is 9.59 Å². The van der Waals surface area contributed by atoms with Gasteiger partial charge in [-0.1, -0.05) is 12.1 Å². The second-order valence-corrected chi connectivity index (χ2v) is 4.76. The highest BCUT2D eigenvalue weighted by molar-refractivity contribution is 5.91. The second-order valence-electron chi connectivity index (χ2n) is 4.76. The number of nitrogens with zero attached hydrogens (tertiary/aromatic N) is 1. The molecule has 1 aromatic rings. The number of carbonyl (C=O) groups is 3. The molecule has 0 aliphatic carbocycles. The van der Waals surface area contributed by atoms with Crippen LogP contribution >= 0.6 is 0 Å². The smallest absolute Gasteiger partial charge is 0.337 e. The Hall–Kier alpha value is -2.63. The molecule has 1 amide bonds. The van der Waals surface area contributed by atoms with Crippen molar-refractivity contribution in [1.29, 1.82) is 0 Å². The third-order valence-corrected chi connectivity index (χ3v) is 2.83. The van der Waals surface area contributed by atoms with E-state index in [2.05, 4.69) is 4.74 Å². The minimum Gasteiger partial charge on any atom is -0.465 e. The van der Waals surface area contributed by atoms with Gasteiger partial charge in [0, 0.05) is 20.2 Å². The van der Waals surface area contributed by atoms with Crippen molar-refractivity contribution in [2.24, 2.45) is 0 Å². The Morgan fingerprint density at radius 1 is 1.14 bits per heavy atom. The molecule has 118 valence electrons. The van der Waals surface area contributed by atoms with Gasteiger partial charge in [0.25, 0.3) is 5.91 Å². The maximum Gasteiger partial charge on any atom is 0.337 e. The molecule has 0 aliphatic rings. The van der Waals surface area contributed by atoms with E-state index in [0.29, 0.717) is 5.56 Å². The first-order valence-electron chi connectivity index (χ1n) is 6.63. The molecule has 6 nitrogen and oxygen atoms in total. The van der Waals surface area contributed by atoms with E-state index in [0.717, 1.165) is 5.56 Å². The summed E-state index contributed by atoms with van der Waals surface area (Å²) < 4.78 is 9.58. The van der Waals surface area contributed by atoms with E-state index in [1.165, 1.54) is 31.1 Å². The zero-order valence-electron chi connectivity index (χ0n) is 13.0. The lowest BCUT2D eigenvalue weighted by Crippen LogP contribution is -2.34. The van der Waals surface area contributed by atoms with Gasteiger partial charge in [-0.2, -0.15) is 0 Å². The average molecular weight is 305 g/mol. The van der Waals surface area contributed by atoms with Crippen LogP contribution in [0.1, 0.15) is 22.8 Å². The number of carbonyl (C=O) groups excluding carboxylic acids is 3. The molecule has 1 aromatic carbocycles. The molecule has 1 atom stereocenters. The fourth-order valence-corrected chi connectivity index (χ4v) is 1.64. The van der Waals surface area contributed by atoms with Crippen LogP contribution in [0.5, 0.6) is 0 Å². The monoisotopic (exact) mass is 305 g/mol. The van der Waals surface area contributed by atoms with Crippen molar-refractivity contribution in [3.8, 4) is 0 Å². The lowest BCUT2D eigenvalue weighted by Gasteiger charge is -2.16. The lowest BCUT2D eigenvalue weighted by atomic mass is 10.1. The molecule has 0 bridgehead atoms. The summed E-state index contributed by atoms with van der Waals surface area (Å²) in [5, 5.41) is 0. The quantitative estimate of drug-likeness (QED) is 0.609. The first-order chi connectivity index (χ1) is 10.3. The Bertz CT molecular complexity index is 575. The van der Waals surface area contributed by atoms with Crippen molar-refractivity contribution in [2.75, 3.05) is 21.2 Å². The Labute approximate surface area is 129 Å². The van der Waals surface area contributed by atoms with Gasteiger partial charge in [-0.15, -0.1) is 0 Å². The zero-order valence-corrected chi connectivity index (χ0v) is 13.0. The number of amides is 1. The first kappa shape index (κ1) is 17.4. The van der Waals surface area contributed by atoms with E-state index in [1.54, 1.807) is 38.4 Å². The van der Waals surface area contributed by atoms with Crippen molar-refractivity contribution in [1.82, 2.24) is 4.90 Å². The van der Waals surface area contributed by atoms with E-state index in [4.69, 9.17) is 4.74 Å². The largest absolute Gasteiger partial charge is 0.465 e. The van der Waals surface area contributed by atoms with Crippen molar-refractivity contribution in [2.45, 2.75) is 13.0 Å². The molecule has 0 saturated carbocycles. The van der Waals surface area contributed by atoms with Crippen LogP contribution in [0.2, 0.25) is 0 Å². The van der Waals surface area contributed by atoms with Gasteiger partial charge in [-0.3, -0.25) is 4.79 Å². The van der Waals surface area contributed by atoms with Crippen LogP contribution in [0.3, 0.4) is 0 Å². The van der Waals surface area contributed by atoms with E-state index in [1.807, 2.05) is 0 Å². The van der Waals surface area contributed by atoms with Crippen molar-refractivity contribution in [3.63, 3.8) is 0 Å². The number of rotatable bonds is 5. The van der Waals surface area contributed by atoms with E-state index in [9.17, 15) is 14.4 Å². The molecule has 0 saturated heterocycles. The topological polar surface area (TPSA) is 72.9 Å². The summed E-state index contributed by atoms with van der Waals surface area (Å²) in [5.41, 5.74) is 1.14. The molecule has 1 rings (SSSR count). The van der Waals surface area contributed by atoms with Crippen LogP contribution in [0, 0.1) is 0 Å². The van der Waals surface area contributed by atoms with Crippen LogP contribution in [0.15, 0.2) is 30.3 Å². The predicted molar refractivity (Wildman–Crippen MR) is 81.1 cm³/mol. The van der Waals surface area contributed by atoms with Crippen molar-refractivity contribution >= 4 is 23.9 Å². The molecule has 0 spiro atoms. The number of methoxy groups -OCH3 is 1. The van der Waals surface area contributed by atoms with Gasteiger partial charge in [0.2, 0.25) is 0 Å². The average Bonchev–Trinajstić information content (AvgIpc) is 2.51. The highest BCUT2D eigenvalue weighted by atomic mass is 16.5. The molecule has 22 heavy (non-hydrogen) atoms. The summed E-state index contributed by atoms with van der Waals surface area (Å²) in [7, 11) is 4.49. The summed E-state index contributed by atoms with van der Waals surface area (Å²) in [6, 6.07) is 6.53. The Kier molecular flexibility index (Phi) is 6.31. The number of esters is 2. The van der Waals surface area contributed by atoms with Crippen molar-refractivity contribution < 1.29 is 23.9 Å². The molecule has 0 fully saturated rings. The molecular weight excluding hydrogens is 286 g/mol. The summed E-state index contributed by atoms with van der Waals surface area (Å²) in [5.74, 6) is -1.32.